The first-order chi connectivity index (χ1) is 8.20. The number of methoxy groups -OCH3 is 1. The largest absolute Gasteiger partial charge is 0.469 e. The van der Waals surface area contributed by atoms with Gasteiger partial charge in [0.25, 0.3) is 0 Å². The van der Waals surface area contributed by atoms with Crippen molar-refractivity contribution >= 4 is 17.7 Å². The molecule has 0 aromatic carbocycles. The number of esters is 1. The van der Waals surface area contributed by atoms with Crippen molar-refractivity contribution in [3.05, 3.63) is 11.8 Å². The zero-order valence-electron chi connectivity index (χ0n) is 10.0. The third-order valence-electron chi connectivity index (χ3n) is 2.61. The van der Waals surface area contributed by atoms with Crippen LogP contribution in [-0.2, 0) is 15.3 Å². The molecule has 0 bridgehead atoms. The van der Waals surface area contributed by atoms with Crippen LogP contribution in [0.15, 0.2) is 4.42 Å². The fourth-order valence-electron chi connectivity index (χ4n) is 1.41. The Bertz CT molecular complexity index is 390. The van der Waals surface area contributed by atoms with Crippen LogP contribution in [0.2, 0.25) is 0 Å². The van der Waals surface area contributed by atoms with Crippen LogP contribution in [0, 0.1) is 5.92 Å². The van der Waals surface area contributed by atoms with Crippen LogP contribution in [0.1, 0.15) is 37.5 Å². The molecule has 0 radical (unpaired) electrons. The lowest BCUT2D eigenvalue weighted by Crippen LogP contribution is -2.14. The van der Waals surface area contributed by atoms with Crippen molar-refractivity contribution in [1.82, 2.24) is 10.2 Å². The topological polar surface area (TPSA) is 65.2 Å². The molecule has 0 N–H and O–H groups in total. The quantitative estimate of drug-likeness (QED) is 0.725. The van der Waals surface area contributed by atoms with E-state index < -0.39 is 0 Å². The number of rotatable bonds is 6. The van der Waals surface area contributed by atoms with Crippen LogP contribution in [0.4, 0.5) is 0 Å². The van der Waals surface area contributed by atoms with E-state index in [4.69, 9.17) is 4.42 Å². The van der Waals surface area contributed by atoms with Gasteiger partial charge in [-0.15, -0.1) is 10.2 Å². The van der Waals surface area contributed by atoms with Gasteiger partial charge in [0.1, 0.15) is 0 Å². The summed E-state index contributed by atoms with van der Waals surface area (Å²) in [6.07, 6.45) is 2.32. The summed E-state index contributed by atoms with van der Waals surface area (Å²) in [6, 6.07) is 0. The first-order valence-electron chi connectivity index (χ1n) is 5.68. The van der Waals surface area contributed by atoms with E-state index in [1.165, 1.54) is 7.11 Å². The van der Waals surface area contributed by atoms with E-state index in [9.17, 15) is 4.79 Å². The third kappa shape index (κ3) is 3.46. The number of carbonyl (C=O) groups is 1. The average Bonchev–Trinajstić information content (AvgIpc) is 3.08. The van der Waals surface area contributed by atoms with Crippen molar-refractivity contribution in [2.75, 3.05) is 12.9 Å². The van der Waals surface area contributed by atoms with E-state index in [1.807, 2.05) is 6.92 Å². The number of hydrogen-bond acceptors (Lipinski definition) is 6. The molecule has 0 aliphatic heterocycles. The lowest BCUT2D eigenvalue weighted by molar-refractivity contribution is -0.143. The molecular formula is C11H16N2O3S. The molecule has 94 valence electrons. The molecule has 1 aromatic rings. The van der Waals surface area contributed by atoms with Gasteiger partial charge in [0.05, 0.1) is 18.8 Å². The van der Waals surface area contributed by atoms with Crippen LogP contribution in [-0.4, -0.2) is 29.0 Å². The van der Waals surface area contributed by atoms with Crippen LogP contribution in [0.5, 0.6) is 0 Å². The summed E-state index contributed by atoms with van der Waals surface area (Å²) >= 11 is 1.61. The SMILES string of the molecule is COC(=O)[C@H](C)CSCc1nnc(C2CC2)o1. The average molecular weight is 256 g/mol. The number of nitrogens with zero attached hydrogens (tertiary/aromatic N) is 2. The van der Waals surface area contributed by atoms with Gasteiger partial charge in [-0.25, -0.2) is 0 Å². The van der Waals surface area contributed by atoms with Gasteiger partial charge in [-0.2, -0.15) is 11.8 Å². The van der Waals surface area contributed by atoms with Crippen molar-refractivity contribution < 1.29 is 13.9 Å². The number of aromatic nitrogens is 2. The summed E-state index contributed by atoms with van der Waals surface area (Å²) in [7, 11) is 1.41. The molecule has 1 aromatic heterocycles. The highest BCUT2D eigenvalue weighted by molar-refractivity contribution is 7.98. The molecule has 17 heavy (non-hydrogen) atoms. The van der Waals surface area contributed by atoms with E-state index in [1.54, 1.807) is 11.8 Å². The maximum Gasteiger partial charge on any atom is 0.309 e. The highest BCUT2D eigenvalue weighted by Crippen LogP contribution is 2.39. The minimum Gasteiger partial charge on any atom is -0.469 e. The van der Waals surface area contributed by atoms with Gasteiger partial charge < -0.3 is 9.15 Å². The zero-order valence-corrected chi connectivity index (χ0v) is 10.8. The molecule has 6 heteroatoms. The molecule has 1 aliphatic rings. The van der Waals surface area contributed by atoms with Crippen LogP contribution in [0.25, 0.3) is 0 Å². The van der Waals surface area contributed by atoms with Crippen molar-refractivity contribution in [2.24, 2.45) is 5.92 Å². The van der Waals surface area contributed by atoms with Gasteiger partial charge in [-0.3, -0.25) is 4.79 Å². The first-order valence-corrected chi connectivity index (χ1v) is 6.84. The van der Waals surface area contributed by atoms with E-state index in [0.717, 1.165) is 18.7 Å². The molecule has 5 nitrogen and oxygen atoms in total. The van der Waals surface area contributed by atoms with Crippen LogP contribution < -0.4 is 0 Å². The number of carbonyl (C=O) groups excluding carboxylic acids is 1. The van der Waals surface area contributed by atoms with E-state index in [2.05, 4.69) is 14.9 Å². The second-order valence-electron chi connectivity index (χ2n) is 4.25. The molecule has 1 atom stereocenters. The smallest absolute Gasteiger partial charge is 0.309 e. The Kier molecular flexibility index (Phi) is 4.04. The molecule has 0 unspecified atom stereocenters. The fourth-order valence-corrected chi connectivity index (χ4v) is 2.31. The summed E-state index contributed by atoms with van der Waals surface area (Å²) in [4.78, 5) is 11.2. The third-order valence-corrected chi connectivity index (χ3v) is 3.79. The zero-order chi connectivity index (χ0) is 12.3. The Labute approximate surface area is 104 Å². The molecule has 1 heterocycles. The second-order valence-corrected chi connectivity index (χ2v) is 5.28. The van der Waals surface area contributed by atoms with Gasteiger partial charge in [0, 0.05) is 11.7 Å². The monoisotopic (exact) mass is 256 g/mol. The highest BCUT2D eigenvalue weighted by Gasteiger charge is 2.29. The van der Waals surface area contributed by atoms with Gasteiger partial charge >= 0.3 is 5.97 Å². The molecule has 0 saturated heterocycles. The lowest BCUT2D eigenvalue weighted by Gasteiger charge is -2.06. The molecule has 0 spiro atoms. The normalized spacial score (nSPS) is 16.8. The standard InChI is InChI=1S/C11H16N2O3S/c1-7(11(14)15-2)5-17-6-9-12-13-10(16-9)8-3-4-8/h7-8H,3-6H2,1-2H3/t7-/m1/s1. The lowest BCUT2D eigenvalue weighted by atomic mass is 10.2. The van der Waals surface area contributed by atoms with Gasteiger partial charge in [-0.1, -0.05) is 6.92 Å². The minimum atomic E-state index is -0.179. The molecule has 0 amide bonds. The van der Waals surface area contributed by atoms with E-state index >= 15 is 0 Å². The number of thioether (sulfide) groups is 1. The summed E-state index contributed by atoms with van der Waals surface area (Å²) in [5.41, 5.74) is 0. The van der Waals surface area contributed by atoms with E-state index in [-0.39, 0.29) is 11.9 Å². The Balaban J connectivity index is 1.72. The summed E-state index contributed by atoms with van der Waals surface area (Å²) in [5, 5.41) is 7.99. The summed E-state index contributed by atoms with van der Waals surface area (Å²) in [6.45, 7) is 1.85. The Hall–Kier alpha value is -1.04. The van der Waals surface area contributed by atoms with Gasteiger partial charge in [0.15, 0.2) is 0 Å². The Morgan fingerprint density at radius 1 is 1.59 bits per heavy atom. The van der Waals surface area contributed by atoms with Crippen molar-refractivity contribution in [1.29, 1.82) is 0 Å². The maximum absolute atomic E-state index is 11.2. The second kappa shape index (κ2) is 5.53. The van der Waals surface area contributed by atoms with E-state index in [0.29, 0.717) is 23.3 Å². The Morgan fingerprint density at radius 2 is 2.35 bits per heavy atom. The molecule has 1 fully saturated rings. The highest BCUT2D eigenvalue weighted by atomic mass is 32.2. The fraction of sp³-hybridized carbons (Fsp3) is 0.727. The minimum absolute atomic E-state index is 0.101. The van der Waals surface area contributed by atoms with Crippen molar-refractivity contribution in [3.8, 4) is 0 Å². The predicted molar refractivity (Wildman–Crippen MR) is 63.6 cm³/mol. The van der Waals surface area contributed by atoms with Crippen molar-refractivity contribution in [2.45, 2.75) is 31.4 Å². The molecule has 1 saturated carbocycles. The predicted octanol–water partition coefficient (Wildman–Crippen LogP) is 1.99. The van der Waals surface area contributed by atoms with Crippen LogP contribution in [0.3, 0.4) is 0 Å². The number of hydrogen-bond donors (Lipinski definition) is 0. The Morgan fingerprint density at radius 3 is 3.00 bits per heavy atom. The summed E-state index contributed by atoms with van der Waals surface area (Å²) < 4.78 is 10.2. The van der Waals surface area contributed by atoms with Gasteiger partial charge in [0.2, 0.25) is 11.8 Å². The van der Waals surface area contributed by atoms with Gasteiger partial charge in [-0.05, 0) is 12.8 Å². The number of ether oxygens (including phenoxy) is 1. The molecule has 2 rings (SSSR count). The first kappa shape index (κ1) is 12.4. The molecular weight excluding hydrogens is 240 g/mol. The summed E-state index contributed by atoms with van der Waals surface area (Å²) in [5.74, 6) is 2.98. The maximum atomic E-state index is 11.2. The van der Waals surface area contributed by atoms with Crippen molar-refractivity contribution in [3.63, 3.8) is 0 Å². The molecule has 1 aliphatic carbocycles. The van der Waals surface area contributed by atoms with Crippen LogP contribution >= 0.6 is 11.8 Å².